The van der Waals surface area contributed by atoms with Crippen LogP contribution >= 0.6 is 0 Å². The minimum Gasteiger partial charge on any atom is -0.465 e. The minimum atomic E-state index is -0.389. The summed E-state index contributed by atoms with van der Waals surface area (Å²) >= 11 is 0. The molecule has 0 radical (unpaired) electrons. The Kier molecular flexibility index (Phi) is 6.24. The molecule has 29 heavy (non-hydrogen) atoms. The lowest BCUT2D eigenvalue weighted by molar-refractivity contribution is -0.116. The van der Waals surface area contributed by atoms with Crippen LogP contribution in [0.5, 0.6) is 0 Å². The maximum Gasteiger partial charge on any atom is 0.337 e. The molecule has 0 aliphatic rings. The zero-order chi connectivity index (χ0) is 20.8. The quantitative estimate of drug-likeness (QED) is 0.516. The van der Waals surface area contributed by atoms with E-state index < -0.39 is 0 Å². The van der Waals surface area contributed by atoms with E-state index in [1.54, 1.807) is 30.3 Å². The fraction of sp³-hybridized carbons (Fsp3) is 0.174. The summed E-state index contributed by atoms with van der Waals surface area (Å²) in [5.74, 6) is -0.589. The van der Waals surface area contributed by atoms with Crippen molar-refractivity contribution in [3.63, 3.8) is 0 Å². The van der Waals surface area contributed by atoms with Gasteiger partial charge in [0.25, 0.3) is 0 Å². The van der Waals surface area contributed by atoms with Crippen molar-refractivity contribution < 1.29 is 14.3 Å². The van der Waals surface area contributed by atoms with Gasteiger partial charge in [0.15, 0.2) is 0 Å². The van der Waals surface area contributed by atoms with E-state index in [-0.39, 0.29) is 11.9 Å². The SMILES string of the molecule is COC(=O)c1ccc(/C=C/C(=O)NCc2c(C)nn(-c3ccccc3)c2C)cc1. The van der Waals surface area contributed by atoms with Gasteiger partial charge in [0.1, 0.15) is 0 Å². The number of carbonyl (C=O) groups is 2. The van der Waals surface area contributed by atoms with E-state index in [4.69, 9.17) is 0 Å². The molecule has 1 aromatic heterocycles. The average Bonchev–Trinajstić information content (AvgIpc) is 3.04. The van der Waals surface area contributed by atoms with Gasteiger partial charge in [0, 0.05) is 23.9 Å². The number of nitrogens with zero attached hydrogens (tertiary/aromatic N) is 2. The molecule has 0 saturated heterocycles. The molecule has 0 spiro atoms. The highest BCUT2D eigenvalue weighted by atomic mass is 16.5. The number of hydrogen-bond donors (Lipinski definition) is 1. The number of para-hydroxylation sites is 1. The van der Waals surface area contributed by atoms with Gasteiger partial charge in [-0.3, -0.25) is 4.79 Å². The van der Waals surface area contributed by atoms with Gasteiger partial charge in [0.05, 0.1) is 24.1 Å². The highest BCUT2D eigenvalue weighted by Crippen LogP contribution is 2.17. The van der Waals surface area contributed by atoms with E-state index >= 15 is 0 Å². The molecule has 0 atom stereocenters. The minimum absolute atomic E-state index is 0.201. The highest BCUT2D eigenvalue weighted by molar-refractivity contribution is 5.92. The van der Waals surface area contributed by atoms with Crippen LogP contribution in [0.25, 0.3) is 11.8 Å². The van der Waals surface area contributed by atoms with E-state index in [2.05, 4.69) is 15.2 Å². The van der Waals surface area contributed by atoms with Crippen molar-refractivity contribution in [3.8, 4) is 5.69 Å². The first-order valence-electron chi connectivity index (χ1n) is 9.24. The molecular formula is C23H23N3O3. The Bertz CT molecular complexity index is 1040. The maximum absolute atomic E-state index is 12.2. The van der Waals surface area contributed by atoms with Gasteiger partial charge < -0.3 is 10.1 Å². The fourth-order valence-electron chi connectivity index (χ4n) is 3.01. The molecule has 1 heterocycles. The molecule has 6 heteroatoms. The van der Waals surface area contributed by atoms with Crippen molar-refractivity contribution in [2.45, 2.75) is 20.4 Å². The van der Waals surface area contributed by atoms with Gasteiger partial charge in [0.2, 0.25) is 5.91 Å². The third-order valence-corrected chi connectivity index (χ3v) is 4.64. The lowest BCUT2D eigenvalue weighted by atomic mass is 10.1. The topological polar surface area (TPSA) is 73.2 Å². The maximum atomic E-state index is 12.2. The Balaban J connectivity index is 1.63. The van der Waals surface area contributed by atoms with Crippen LogP contribution in [-0.4, -0.2) is 28.8 Å². The van der Waals surface area contributed by atoms with Crippen LogP contribution in [0.1, 0.15) is 32.9 Å². The summed E-state index contributed by atoms with van der Waals surface area (Å²) in [6.45, 7) is 4.33. The predicted molar refractivity (Wildman–Crippen MR) is 112 cm³/mol. The van der Waals surface area contributed by atoms with Crippen molar-refractivity contribution in [2.75, 3.05) is 7.11 Å². The first-order valence-corrected chi connectivity index (χ1v) is 9.24. The molecule has 2 aromatic carbocycles. The predicted octanol–water partition coefficient (Wildman–Crippen LogP) is 3.61. The van der Waals surface area contributed by atoms with Gasteiger partial charge >= 0.3 is 5.97 Å². The lowest BCUT2D eigenvalue weighted by Crippen LogP contribution is -2.21. The van der Waals surface area contributed by atoms with Gasteiger partial charge in [-0.15, -0.1) is 0 Å². The molecule has 148 valence electrons. The largest absolute Gasteiger partial charge is 0.465 e. The Hall–Kier alpha value is -3.67. The highest BCUT2D eigenvalue weighted by Gasteiger charge is 2.13. The van der Waals surface area contributed by atoms with Crippen molar-refractivity contribution >= 4 is 18.0 Å². The number of ether oxygens (including phenoxy) is 1. The first kappa shape index (κ1) is 20.1. The van der Waals surface area contributed by atoms with Crippen LogP contribution < -0.4 is 5.32 Å². The number of benzene rings is 2. The van der Waals surface area contributed by atoms with Crippen molar-refractivity contribution in [1.29, 1.82) is 0 Å². The number of carbonyl (C=O) groups excluding carboxylic acids is 2. The van der Waals surface area contributed by atoms with Crippen molar-refractivity contribution in [3.05, 3.63) is 88.8 Å². The zero-order valence-corrected chi connectivity index (χ0v) is 16.7. The molecule has 1 amide bonds. The standard InChI is InChI=1S/C23H23N3O3/c1-16-21(17(2)26(25-16)20-7-5-4-6-8-20)15-24-22(27)14-11-18-9-12-19(13-10-18)23(28)29-3/h4-14H,15H2,1-3H3,(H,24,27)/b14-11+. The third-order valence-electron chi connectivity index (χ3n) is 4.64. The third kappa shape index (κ3) is 4.79. The van der Waals surface area contributed by atoms with E-state index in [9.17, 15) is 9.59 Å². The van der Waals surface area contributed by atoms with Gasteiger partial charge in [-0.1, -0.05) is 30.3 Å². The van der Waals surface area contributed by atoms with Crippen LogP contribution in [-0.2, 0) is 16.1 Å². The fourth-order valence-corrected chi connectivity index (χ4v) is 3.01. The van der Waals surface area contributed by atoms with Crippen LogP contribution in [0, 0.1) is 13.8 Å². The number of nitrogens with one attached hydrogen (secondary N) is 1. The van der Waals surface area contributed by atoms with Crippen LogP contribution in [0.4, 0.5) is 0 Å². The Labute approximate surface area is 169 Å². The summed E-state index contributed by atoms with van der Waals surface area (Å²) < 4.78 is 6.55. The average molecular weight is 389 g/mol. The second-order valence-corrected chi connectivity index (χ2v) is 6.56. The number of aryl methyl sites for hydroxylation is 1. The molecule has 1 N–H and O–H groups in total. The summed E-state index contributed by atoms with van der Waals surface area (Å²) in [7, 11) is 1.34. The number of methoxy groups -OCH3 is 1. The van der Waals surface area contributed by atoms with E-state index in [0.29, 0.717) is 12.1 Å². The normalized spacial score (nSPS) is 10.9. The molecule has 0 bridgehead atoms. The number of amides is 1. The monoisotopic (exact) mass is 389 g/mol. The molecule has 0 saturated carbocycles. The van der Waals surface area contributed by atoms with Gasteiger partial charge in [-0.05, 0) is 49.8 Å². The molecule has 0 unspecified atom stereocenters. The Morgan fingerprint density at radius 1 is 1.07 bits per heavy atom. The molecule has 3 aromatic rings. The summed E-state index contributed by atoms with van der Waals surface area (Å²) in [6, 6.07) is 16.7. The summed E-state index contributed by atoms with van der Waals surface area (Å²) in [5.41, 5.74) is 5.15. The summed E-state index contributed by atoms with van der Waals surface area (Å²) in [5, 5.41) is 7.49. The lowest BCUT2D eigenvalue weighted by Gasteiger charge is -2.06. The smallest absolute Gasteiger partial charge is 0.337 e. The molecule has 0 aliphatic carbocycles. The first-order chi connectivity index (χ1) is 14.0. The Morgan fingerprint density at radius 3 is 2.41 bits per heavy atom. The second kappa shape index (κ2) is 9.01. The number of aromatic nitrogens is 2. The molecule has 6 nitrogen and oxygen atoms in total. The zero-order valence-electron chi connectivity index (χ0n) is 16.7. The van der Waals surface area contributed by atoms with Crippen LogP contribution in [0.15, 0.2) is 60.7 Å². The van der Waals surface area contributed by atoms with Gasteiger partial charge in [-0.2, -0.15) is 5.10 Å². The second-order valence-electron chi connectivity index (χ2n) is 6.56. The molecular weight excluding hydrogens is 366 g/mol. The summed E-state index contributed by atoms with van der Waals surface area (Å²) in [4.78, 5) is 23.7. The van der Waals surface area contributed by atoms with Crippen LogP contribution in [0.3, 0.4) is 0 Å². The van der Waals surface area contributed by atoms with E-state index in [1.807, 2.05) is 48.9 Å². The number of esters is 1. The van der Waals surface area contributed by atoms with Crippen molar-refractivity contribution in [2.24, 2.45) is 0 Å². The van der Waals surface area contributed by atoms with Crippen LogP contribution in [0.2, 0.25) is 0 Å². The molecule has 0 aliphatic heterocycles. The molecule has 3 rings (SSSR count). The molecule has 0 fully saturated rings. The van der Waals surface area contributed by atoms with E-state index in [0.717, 1.165) is 28.2 Å². The summed E-state index contributed by atoms with van der Waals surface area (Å²) in [6.07, 6.45) is 3.17. The van der Waals surface area contributed by atoms with Crippen molar-refractivity contribution in [1.82, 2.24) is 15.1 Å². The van der Waals surface area contributed by atoms with Gasteiger partial charge in [-0.25, -0.2) is 9.48 Å². The Morgan fingerprint density at radius 2 is 1.76 bits per heavy atom. The number of rotatable bonds is 6. The number of hydrogen-bond acceptors (Lipinski definition) is 4. The van der Waals surface area contributed by atoms with E-state index in [1.165, 1.54) is 13.2 Å².